The summed E-state index contributed by atoms with van der Waals surface area (Å²) in [6.07, 6.45) is 1.28. The number of hydrogen-bond acceptors (Lipinski definition) is 4. The number of benzene rings is 1. The van der Waals surface area contributed by atoms with Gasteiger partial charge in [-0.1, -0.05) is 58.0 Å². The van der Waals surface area contributed by atoms with Crippen LogP contribution in [-0.4, -0.2) is 60.0 Å². The SMILES string of the molecule is CN[C@@H](Cc1ccccc1)C(=O)N[C@@H](CC(C)C)C(=O)N(C)[C@@H](CC(C)C)C(=O)O. The first-order valence-electron chi connectivity index (χ1n) is 10.6. The van der Waals surface area contributed by atoms with Crippen LogP contribution in [0.25, 0.3) is 0 Å². The van der Waals surface area contributed by atoms with E-state index in [1.165, 1.54) is 11.9 Å². The van der Waals surface area contributed by atoms with Crippen molar-refractivity contribution in [2.24, 2.45) is 11.8 Å². The fourth-order valence-corrected chi connectivity index (χ4v) is 3.41. The predicted molar refractivity (Wildman–Crippen MR) is 118 cm³/mol. The fourth-order valence-electron chi connectivity index (χ4n) is 3.41. The standard InChI is InChI=1S/C23H37N3O4/c1-15(2)12-19(22(28)26(6)20(23(29)30)13-16(3)4)25-21(27)18(24-5)14-17-10-8-7-9-11-17/h7-11,15-16,18-20,24H,12-14H2,1-6H3,(H,25,27)(H,29,30)/t18-,19-,20-/m0/s1. The van der Waals surface area contributed by atoms with Crippen molar-refractivity contribution in [1.29, 1.82) is 0 Å². The number of amides is 2. The van der Waals surface area contributed by atoms with E-state index in [1.54, 1.807) is 7.05 Å². The molecule has 0 saturated carbocycles. The number of carboxylic acids is 1. The topological polar surface area (TPSA) is 98.7 Å². The van der Waals surface area contributed by atoms with Crippen molar-refractivity contribution in [3.8, 4) is 0 Å². The van der Waals surface area contributed by atoms with E-state index in [0.717, 1.165) is 5.56 Å². The van der Waals surface area contributed by atoms with Gasteiger partial charge in [0.05, 0.1) is 6.04 Å². The number of carbonyl (C=O) groups excluding carboxylic acids is 2. The molecule has 2 amide bonds. The molecule has 7 nitrogen and oxygen atoms in total. The van der Waals surface area contributed by atoms with Crippen molar-refractivity contribution in [1.82, 2.24) is 15.5 Å². The second kappa shape index (κ2) is 12.3. The summed E-state index contributed by atoms with van der Waals surface area (Å²) in [4.78, 5) is 39.0. The molecule has 30 heavy (non-hydrogen) atoms. The number of likely N-dealkylation sites (N-methyl/N-ethyl adjacent to an activating group) is 2. The first-order chi connectivity index (χ1) is 14.1. The molecule has 0 bridgehead atoms. The van der Waals surface area contributed by atoms with Crippen LogP contribution in [0.2, 0.25) is 0 Å². The minimum Gasteiger partial charge on any atom is -0.480 e. The summed E-state index contributed by atoms with van der Waals surface area (Å²) < 4.78 is 0. The van der Waals surface area contributed by atoms with Gasteiger partial charge < -0.3 is 20.6 Å². The average molecular weight is 420 g/mol. The normalized spacial score (nSPS) is 14.3. The molecule has 3 atom stereocenters. The van der Waals surface area contributed by atoms with Crippen molar-refractivity contribution in [3.05, 3.63) is 35.9 Å². The second-order valence-corrected chi connectivity index (χ2v) is 8.65. The van der Waals surface area contributed by atoms with Crippen LogP contribution >= 0.6 is 0 Å². The van der Waals surface area contributed by atoms with Crippen molar-refractivity contribution < 1.29 is 19.5 Å². The number of aliphatic carboxylic acids is 1. The number of carboxylic acid groups (broad SMARTS) is 1. The van der Waals surface area contributed by atoms with E-state index < -0.39 is 24.1 Å². The van der Waals surface area contributed by atoms with Gasteiger partial charge in [-0.25, -0.2) is 4.79 Å². The molecule has 1 aromatic carbocycles. The third-order valence-corrected chi connectivity index (χ3v) is 5.06. The summed E-state index contributed by atoms with van der Waals surface area (Å²) >= 11 is 0. The Morgan fingerprint density at radius 2 is 1.53 bits per heavy atom. The van der Waals surface area contributed by atoms with E-state index in [0.29, 0.717) is 19.3 Å². The van der Waals surface area contributed by atoms with Crippen molar-refractivity contribution >= 4 is 17.8 Å². The van der Waals surface area contributed by atoms with E-state index >= 15 is 0 Å². The monoisotopic (exact) mass is 419 g/mol. The summed E-state index contributed by atoms with van der Waals surface area (Å²) in [5, 5.41) is 15.5. The number of nitrogens with one attached hydrogen (secondary N) is 2. The van der Waals surface area contributed by atoms with Crippen LogP contribution in [-0.2, 0) is 20.8 Å². The number of hydrogen-bond donors (Lipinski definition) is 3. The van der Waals surface area contributed by atoms with E-state index in [9.17, 15) is 19.5 Å². The lowest BCUT2D eigenvalue weighted by molar-refractivity contribution is -0.151. The van der Waals surface area contributed by atoms with Crippen molar-refractivity contribution in [3.63, 3.8) is 0 Å². The molecule has 0 unspecified atom stereocenters. The van der Waals surface area contributed by atoms with Crippen molar-refractivity contribution in [2.75, 3.05) is 14.1 Å². The third kappa shape index (κ3) is 8.14. The van der Waals surface area contributed by atoms with Crippen LogP contribution < -0.4 is 10.6 Å². The van der Waals surface area contributed by atoms with Gasteiger partial charge in [-0.15, -0.1) is 0 Å². The molecule has 1 aromatic rings. The fraction of sp³-hybridized carbons (Fsp3) is 0.609. The zero-order valence-corrected chi connectivity index (χ0v) is 19.0. The number of rotatable bonds is 12. The smallest absolute Gasteiger partial charge is 0.326 e. The Balaban J connectivity index is 2.96. The molecule has 0 aliphatic heterocycles. The highest BCUT2D eigenvalue weighted by Crippen LogP contribution is 2.15. The molecule has 0 aliphatic carbocycles. The van der Waals surface area contributed by atoms with Crippen LogP contribution in [0.5, 0.6) is 0 Å². The zero-order valence-electron chi connectivity index (χ0n) is 19.0. The predicted octanol–water partition coefficient (Wildman–Crippen LogP) is 2.31. The molecule has 0 radical (unpaired) electrons. The largest absolute Gasteiger partial charge is 0.480 e. The molecular formula is C23H37N3O4. The molecule has 0 heterocycles. The molecule has 0 aromatic heterocycles. The van der Waals surface area contributed by atoms with Gasteiger partial charge in [-0.3, -0.25) is 9.59 Å². The number of nitrogens with zero attached hydrogens (tertiary/aromatic N) is 1. The third-order valence-electron chi connectivity index (χ3n) is 5.06. The van der Waals surface area contributed by atoms with Gasteiger partial charge in [0.1, 0.15) is 12.1 Å². The van der Waals surface area contributed by atoms with Gasteiger partial charge in [0, 0.05) is 7.05 Å². The van der Waals surface area contributed by atoms with Crippen LogP contribution in [0.4, 0.5) is 0 Å². The van der Waals surface area contributed by atoms with Crippen LogP contribution in [0.15, 0.2) is 30.3 Å². The Hall–Kier alpha value is -2.41. The lowest BCUT2D eigenvalue weighted by atomic mass is 9.98. The molecule has 168 valence electrons. The maximum atomic E-state index is 13.1. The highest BCUT2D eigenvalue weighted by atomic mass is 16.4. The Bertz CT molecular complexity index is 691. The molecule has 0 aliphatic rings. The van der Waals surface area contributed by atoms with Gasteiger partial charge >= 0.3 is 5.97 Å². The van der Waals surface area contributed by atoms with Gasteiger partial charge in [0.2, 0.25) is 11.8 Å². The summed E-state index contributed by atoms with van der Waals surface area (Å²) in [5.41, 5.74) is 1.01. The Labute approximate surface area is 180 Å². The van der Waals surface area contributed by atoms with E-state index in [-0.39, 0.29) is 23.7 Å². The molecular weight excluding hydrogens is 382 g/mol. The molecule has 7 heteroatoms. The van der Waals surface area contributed by atoms with Gasteiger partial charge in [-0.05, 0) is 43.7 Å². The summed E-state index contributed by atoms with van der Waals surface area (Å²) in [6, 6.07) is 7.46. The Morgan fingerprint density at radius 1 is 0.967 bits per heavy atom. The zero-order chi connectivity index (χ0) is 22.8. The highest BCUT2D eigenvalue weighted by Gasteiger charge is 2.33. The molecule has 1 rings (SSSR count). The molecule has 0 saturated heterocycles. The summed E-state index contributed by atoms with van der Waals surface area (Å²) in [7, 11) is 3.21. The number of carbonyl (C=O) groups is 3. The first kappa shape index (κ1) is 25.6. The Kier molecular flexibility index (Phi) is 10.5. The maximum absolute atomic E-state index is 13.1. The second-order valence-electron chi connectivity index (χ2n) is 8.65. The van der Waals surface area contributed by atoms with Crippen molar-refractivity contribution in [2.45, 2.75) is 65.1 Å². The summed E-state index contributed by atoms with van der Waals surface area (Å²) in [5.74, 6) is -1.40. The van der Waals surface area contributed by atoms with Crippen LogP contribution in [0.3, 0.4) is 0 Å². The highest BCUT2D eigenvalue weighted by molar-refractivity contribution is 5.91. The van der Waals surface area contributed by atoms with E-state index in [2.05, 4.69) is 10.6 Å². The minimum absolute atomic E-state index is 0.124. The van der Waals surface area contributed by atoms with Gasteiger partial charge in [0.25, 0.3) is 0 Å². The Morgan fingerprint density at radius 3 is 2.00 bits per heavy atom. The average Bonchev–Trinajstić information content (AvgIpc) is 2.68. The van der Waals surface area contributed by atoms with E-state index in [1.807, 2.05) is 58.0 Å². The maximum Gasteiger partial charge on any atom is 0.326 e. The minimum atomic E-state index is -1.04. The molecule has 0 fully saturated rings. The van der Waals surface area contributed by atoms with Crippen LogP contribution in [0.1, 0.15) is 46.1 Å². The van der Waals surface area contributed by atoms with E-state index in [4.69, 9.17) is 0 Å². The molecule has 3 N–H and O–H groups in total. The van der Waals surface area contributed by atoms with Gasteiger partial charge in [0.15, 0.2) is 0 Å². The molecule has 0 spiro atoms. The quantitative estimate of drug-likeness (QED) is 0.483. The van der Waals surface area contributed by atoms with Gasteiger partial charge in [-0.2, -0.15) is 0 Å². The summed E-state index contributed by atoms with van der Waals surface area (Å²) in [6.45, 7) is 7.77. The first-order valence-corrected chi connectivity index (χ1v) is 10.6. The van der Waals surface area contributed by atoms with Crippen LogP contribution in [0, 0.1) is 11.8 Å². The lowest BCUT2D eigenvalue weighted by Gasteiger charge is -2.31. The lowest BCUT2D eigenvalue weighted by Crippen LogP contribution is -2.56.